The molecular formula is C30H34. The minimum absolute atomic E-state index is 0.155. The highest BCUT2D eigenvalue weighted by atomic mass is 14.5. The van der Waals surface area contributed by atoms with Crippen LogP contribution in [0.15, 0.2) is 85.0 Å². The van der Waals surface area contributed by atoms with E-state index >= 15 is 0 Å². The van der Waals surface area contributed by atoms with E-state index in [1.165, 1.54) is 73.6 Å². The van der Waals surface area contributed by atoms with Gasteiger partial charge in [-0.3, -0.25) is 0 Å². The van der Waals surface area contributed by atoms with Crippen molar-refractivity contribution in [1.82, 2.24) is 0 Å². The minimum atomic E-state index is 0.155. The molecule has 1 fully saturated rings. The molecule has 2 spiro atoms. The zero-order valence-electron chi connectivity index (χ0n) is 18.2. The van der Waals surface area contributed by atoms with Gasteiger partial charge >= 0.3 is 0 Å². The summed E-state index contributed by atoms with van der Waals surface area (Å²) in [5, 5.41) is 0. The molecule has 0 heteroatoms. The van der Waals surface area contributed by atoms with Crippen LogP contribution in [-0.2, 0) is 11.8 Å². The van der Waals surface area contributed by atoms with Crippen molar-refractivity contribution in [1.29, 1.82) is 0 Å². The van der Waals surface area contributed by atoms with Gasteiger partial charge in [0.25, 0.3) is 0 Å². The lowest BCUT2D eigenvalue weighted by Gasteiger charge is -2.51. The van der Waals surface area contributed by atoms with Crippen LogP contribution in [0, 0.1) is 5.41 Å². The van der Waals surface area contributed by atoms with Gasteiger partial charge in [0.15, 0.2) is 0 Å². The molecule has 30 heavy (non-hydrogen) atoms. The van der Waals surface area contributed by atoms with Gasteiger partial charge in [0, 0.05) is 10.8 Å². The van der Waals surface area contributed by atoms with Gasteiger partial charge in [-0.15, -0.1) is 6.58 Å². The van der Waals surface area contributed by atoms with E-state index in [9.17, 15) is 0 Å². The van der Waals surface area contributed by atoms with Crippen LogP contribution in [-0.4, -0.2) is 0 Å². The zero-order chi connectivity index (χ0) is 20.4. The Morgan fingerprint density at radius 2 is 1.60 bits per heavy atom. The van der Waals surface area contributed by atoms with Crippen molar-refractivity contribution in [3.63, 3.8) is 0 Å². The molecule has 3 aliphatic rings. The fraction of sp³-hybridized carbons (Fsp3) is 0.400. The molecule has 2 aromatic rings. The smallest absolute Gasteiger partial charge is 0.0167 e. The molecule has 1 unspecified atom stereocenters. The van der Waals surface area contributed by atoms with Crippen LogP contribution in [0.25, 0.3) is 11.1 Å². The van der Waals surface area contributed by atoms with Gasteiger partial charge < -0.3 is 0 Å². The second-order valence-corrected chi connectivity index (χ2v) is 9.62. The molecular weight excluding hydrogens is 360 g/mol. The Hall–Kier alpha value is -2.34. The number of hydrogen-bond acceptors (Lipinski definition) is 0. The van der Waals surface area contributed by atoms with E-state index in [2.05, 4.69) is 79.4 Å². The highest BCUT2D eigenvalue weighted by Gasteiger charge is 2.51. The molecule has 0 saturated heterocycles. The number of allylic oxidation sites excluding steroid dienone is 5. The predicted molar refractivity (Wildman–Crippen MR) is 129 cm³/mol. The number of hydrogen-bond donors (Lipinski definition) is 0. The van der Waals surface area contributed by atoms with Crippen molar-refractivity contribution < 1.29 is 0 Å². The van der Waals surface area contributed by atoms with Crippen LogP contribution in [0.3, 0.4) is 0 Å². The van der Waals surface area contributed by atoms with Crippen LogP contribution < -0.4 is 0 Å². The van der Waals surface area contributed by atoms with Crippen molar-refractivity contribution in [2.45, 2.75) is 69.6 Å². The van der Waals surface area contributed by atoms with Gasteiger partial charge in [0.1, 0.15) is 0 Å². The SMILES string of the molecule is C=CCCC1=CC2(C=C1)CCCc1ccccc1-c1ccccc1C21CCCCC1. The first-order valence-corrected chi connectivity index (χ1v) is 12.0. The molecule has 2 aromatic carbocycles. The van der Waals surface area contributed by atoms with Gasteiger partial charge in [-0.25, -0.2) is 0 Å². The van der Waals surface area contributed by atoms with Gasteiger partial charge in [-0.2, -0.15) is 0 Å². The van der Waals surface area contributed by atoms with E-state index in [0.717, 1.165) is 12.8 Å². The quantitative estimate of drug-likeness (QED) is 0.459. The first-order chi connectivity index (χ1) is 14.8. The summed E-state index contributed by atoms with van der Waals surface area (Å²) in [6, 6.07) is 18.5. The molecule has 3 aliphatic carbocycles. The van der Waals surface area contributed by atoms with Crippen LogP contribution in [0.2, 0.25) is 0 Å². The average Bonchev–Trinajstić information content (AvgIpc) is 3.24. The fourth-order valence-corrected chi connectivity index (χ4v) is 6.65. The van der Waals surface area contributed by atoms with Crippen LogP contribution >= 0.6 is 0 Å². The Morgan fingerprint density at radius 1 is 0.833 bits per heavy atom. The van der Waals surface area contributed by atoms with Crippen LogP contribution in [0.5, 0.6) is 0 Å². The lowest BCUT2D eigenvalue weighted by Crippen LogP contribution is -2.45. The number of fused-ring (bicyclic) bond motifs is 5. The molecule has 0 aliphatic heterocycles. The summed E-state index contributed by atoms with van der Waals surface area (Å²) in [6.45, 7) is 3.95. The van der Waals surface area contributed by atoms with E-state index in [0.29, 0.717) is 0 Å². The molecule has 1 atom stereocenters. The van der Waals surface area contributed by atoms with Crippen molar-refractivity contribution in [2.75, 3.05) is 0 Å². The van der Waals surface area contributed by atoms with E-state index < -0.39 is 0 Å². The molecule has 0 nitrogen and oxygen atoms in total. The molecule has 0 heterocycles. The van der Waals surface area contributed by atoms with Gasteiger partial charge in [-0.05, 0) is 67.2 Å². The summed E-state index contributed by atoms with van der Waals surface area (Å²) >= 11 is 0. The van der Waals surface area contributed by atoms with Crippen molar-refractivity contribution >= 4 is 0 Å². The lowest BCUT2D eigenvalue weighted by atomic mass is 9.52. The summed E-state index contributed by atoms with van der Waals surface area (Å²) in [4.78, 5) is 0. The maximum atomic E-state index is 3.95. The van der Waals surface area contributed by atoms with Crippen molar-refractivity contribution in [3.05, 3.63) is 96.1 Å². The molecule has 0 bridgehead atoms. The van der Waals surface area contributed by atoms with E-state index in [-0.39, 0.29) is 10.8 Å². The standard InChI is InChI=1S/C30H34/c1-2-3-12-24-18-22-29(23-24)19-11-14-25-13-5-6-15-26(25)27-16-7-8-17-28(27)30(29)20-9-4-10-21-30/h2,5-8,13,15-18,22-23H,1,3-4,9-12,14,19-21H2. The van der Waals surface area contributed by atoms with Gasteiger partial charge in [-0.1, -0.05) is 97.7 Å². The third kappa shape index (κ3) is 3.13. The Bertz CT molecular complexity index is 983. The maximum Gasteiger partial charge on any atom is 0.0167 e. The Morgan fingerprint density at radius 3 is 2.43 bits per heavy atom. The Labute approximate surface area is 182 Å². The number of benzene rings is 2. The van der Waals surface area contributed by atoms with E-state index in [4.69, 9.17) is 0 Å². The van der Waals surface area contributed by atoms with E-state index in [1.807, 2.05) is 0 Å². The first kappa shape index (κ1) is 19.6. The van der Waals surface area contributed by atoms with Crippen molar-refractivity contribution in [2.24, 2.45) is 5.41 Å². The molecule has 0 amide bonds. The largest absolute Gasteiger partial charge is 0.103 e. The highest BCUT2D eigenvalue weighted by molar-refractivity contribution is 5.73. The van der Waals surface area contributed by atoms with Crippen molar-refractivity contribution in [3.8, 4) is 11.1 Å². The number of rotatable bonds is 3. The number of aryl methyl sites for hydroxylation is 1. The highest BCUT2D eigenvalue weighted by Crippen LogP contribution is 2.60. The Balaban J connectivity index is 1.73. The Kier molecular flexibility index (Phi) is 5.27. The summed E-state index contributed by atoms with van der Waals surface area (Å²) in [5.74, 6) is 0. The summed E-state index contributed by atoms with van der Waals surface area (Å²) in [5.41, 5.74) is 7.96. The molecule has 1 saturated carbocycles. The zero-order valence-corrected chi connectivity index (χ0v) is 18.2. The second kappa shape index (κ2) is 8.06. The van der Waals surface area contributed by atoms with Crippen LogP contribution in [0.1, 0.15) is 68.9 Å². The minimum Gasteiger partial charge on any atom is -0.103 e. The van der Waals surface area contributed by atoms with Gasteiger partial charge in [0.05, 0.1) is 0 Å². The monoisotopic (exact) mass is 394 g/mol. The molecule has 5 rings (SSSR count). The third-order valence-electron chi connectivity index (χ3n) is 8.06. The summed E-state index contributed by atoms with van der Waals surface area (Å²) in [7, 11) is 0. The second-order valence-electron chi connectivity index (χ2n) is 9.62. The van der Waals surface area contributed by atoms with Crippen LogP contribution in [0.4, 0.5) is 0 Å². The van der Waals surface area contributed by atoms with Gasteiger partial charge in [0.2, 0.25) is 0 Å². The first-order valence-electron chi connectivity index (χ1n) is 12.0. The lowest BCUT2D eigenvalue weighted by molar-refractivity contribution is 0.152. The topological polar surface area (TPSA) is 0 Å². The van der Waals surface area contributed by atoms with E-state index in [1.54, 1.807) is 5.56 Å². The molecule has 154 valence electrons. The summed E-state index contributed by atoms with van der Waals surface area (Å²) in [6.07, 6.45) is 22.4. The predicted octanol–water partition coefficient (Wildman–Crippen LogP) is 8.34. The molecule has 0 aromatic heterocycles. The molecule has 0 N–H and O–H groups in total. The summed E-state index contributed by atoms with van der Waals surface area (Å²) < 4.78 is 0. The maximum absolute atomic E-state index is 3.95. The molecule has 0 radical (unpaired) electrons. The normalized spacial score (nSPS) is 24.5. The fourth-order valence-electron chi connectivity index (χ4n) is 6.65. The average molecular weight is 395 g/mol. The third-order valence-corrected chi connectivity index (χ3v) is 8.06.